The molecule has 0 fully saturated rings. The summed E-state index contributed by atoms with van der Waals surface area (Å²) in [6.45, 7) is 1.03. The van der Waals surface area contributed by atoms with E-state index in [9.17, 15) is 4.79 Å². The van der Waals surface area contributed by atoms with Gasteiger partial charge in [-0.25, -0.2) is 4.98 Å². The van der Waals surface area contributed by atoms with E-state index in [1.165, 1.54) is 11.5 Å². The van der Waals surface area contributed by atoms with Crippen LogP contribution in [0.1, 0.15) is 23.4 Å². The third-order valence-corrected chi connectivity index (χ3v) is 4.56. The molecule has 2 aromatic carbocycles. The lowest BCUT2D eigenvalue weighted by molar-refractivity contribution is -0.136. The molecule has 0 bridgehead atoms. The molecule has 0 spiro atoms. The van der Waals surface area contributed by atoms with E-state index in [-0.39, 0.29) is 6.42 Å². The maximum Gasteiger partial charge on any atom is 0.305 e. The van der Waals surface area contributed by atoms with Gasteiger partial charge in [0.15, 0.2) is 0 Å². The molecule has 1 heterocycles. The average Bonchev–Trinajstić information content (AvgIpc) is 3.08. The summed E-state index contributed by atoms with van der Waals surface area (Å²) in [7, 11) is 0. The van der Waals surface area contributed by atoms with Crippen LogP contribution >= 0.6 is 11.5 Å². The van der Waals surface area contributed by atoms with Crippen LogP contribution in [0.25, 0.3) is 0 Å². The molecule has 6 heteroatoms. The molecule has 0 radical (unpaired) electrons. The minimum absolute atomic E-state index is 0.0699. The van der Waals surface area contributed by atoms with Crippen LogP contribution in [-0.4, -0.2) is 27.0 Å². The van der Waals surface area contributed by atoms with Crippen molar-refractivity contribution in [2.45, 2.75) is 19.4 Å². The quantitative estimate of drug-likeness (QED) is 0.670. The van der Waals surface area contributed by atoms with Crippen molar-refractivity contribution in [1.29, 1.82) is 0 Å². The summed E-state index contributed by atoms with van der Waals surface area (Å²) in [6, 6.07) is 20.1. The molecule has 0 aliphatic rings. The number of carbonyl (C=O) groups is 1. The normalized spacial score (nSPS) is 10.6. The number of hydrogen-bond acceptors (Lipinski definition) is 5. The lowest BCUT2D eigenvalue weighted by Crippen LogP contribution is -2.25. The van der Waals surface area contributed by atoms with E-state index in [0.717, 1.165) is 22.1 Å². The van der Waals surface area contributed by atoms with Gasteiger partial charge in [0.25, 0.3) is 0 Å². The van der Waals surface area contributed by atoms with Crippen molar-refractivity contribution < 1.29 is 9.90 Å². The molecule has 0 aliphatic carbocycles. The Morgan fingerprint density at radius 2 is 1.64 bits per heavy atom. The molecular weight excluding hydrogens is 334 g/mol. The zero-order valence-corrected chi connectivity index (χ0v) is 14.5. The molecule has 0 amide bonds. The molecular formula is C19H19N3O2S. The minimum Gasteiger partial charge on any atom is -0.481 e. The highest BCUT2D eigenvalue weighted by Gasteiger charge is 2.15. The lowest BCUT2D eigenvalue weighted by atomic mass is 10.1. The lowest BCUT2D eigenvalue weighted by Gasteiger charge is -2.20. The number of aromatic nitrogens is 2. The number of anilines is 1. The standard InChI is InChI=1S/C19H19N3O2S/c23-18(24)11-12-22(14-16-9-5-2-6-10-16)19-20-17(21-25-19)13-15-7-3-1-4-8-15/h1-10H,11-14H2,(H,23,24). The van der Waals surface area contributed by atoms with Crippen LogP contribution in [0.4, 0.5) is 5.13 Å². The Bertz CT molecular complexity index is 806. The van der Waals surface area contributed by atoms with Gasteiger partial charge in [-0.1, -0.05) is 60.7 Å². The van der Waals surface area contributed by atoms with E-state index in [2.05, 4.69) is 9.36 Å². The molecule has 128 valence electrons. The second kappa shape index (κ2) is 8.39. The highest BCUT2D eigenvalue weighted by Crippen LogP contribution is 2.21. The van der Waals surface area contributed by atoms with Crippen LogP contribution in [0, 0.1) is 0 Å². The molecule has 0 unspecified atom stereocenters. The molecule has 5 nitrogen and oxygen atoms in total. The van der Waals surface area contributed by atoms with Gasteiger partial charge in [-0.05, 0) is 11.1 Å². The summed E-state index contributed by atoms with van der Waals surface area (Å²) in [5, 5.41) is 9.78. The van der Waals surface area contributed by atoms with Crippen molar-refractivity contribution in [3.05, 3.63) is 77.6 Å². The van der Waals surface area contributed by atoms with Gasteiger partial charge in [0.2, 0.25) is 5.13 Å². The molecule has 25 heavy (non-hydrogen) atoms. The summed E-state index contributed by atoms with van der Waals surface area (Å²) >= 11 is 1.32. The fraction of sp³-hybridized carbons (Fsp3) is 0.211. The van der Waals surface area contributed by atoms with Crippen LogP contribution in [-0.2, 0) is 17.8 Å². The van der Waals surface area contributed by atoms with Gasteiger partial charge in [0, 0.05) is 31.0 Å². The second-order valence-electron chi connectivity index (χ2n) is 5.71. The van der Waals surface area contributed by atoms with Gasteiger partial charge in [-0.2, -0.15) is 4.37 Å². The molecule has 0 saturated heterocycles. The van der Waals surface area contributed by atoms with Gasteiger partial charge < -0.3 is 10.0 Å². The first-order chi connectivity index (χ1) is 12.2. The Morgan fingerprint density at radius 3 is 2.28 bits per heavy atom. The summed E-state index contributed by atoms with van der Waals surface area (Å²) in [4.78, 5) is 17.6. The molecule has 0 aliphatic heterocycles. The second-order valence-corrected chi connectivity index (χ2v) is 6.44. The molecule has 3 rings (SSSR count). The van der Waals surface area contributed by atoms with Gasteiger partial charge in [0.1, 0.15) is 5.82 Å². The van der Waals surface area contributed by atoms with E-state index in [1.807, 2.05) is 65.6 Å². The summed E-state index contributed by atoms with van der Waals surface area (Å²) < 4.78 is 4.44. The maximum atomic E-state index is 11.0. The summed E-state index contributed by atoms with van der Waals surface area (Å²) in [5.41, 5.74) is 2.28. The topological polar surface area (TPSA) is 66.3 Å². The molecule has 0 atom stereocenters. The van der Waals surface area contributed by atoms with Crippen molar-refractivity contribution in [2.24, 2.45) is 0 Å². The maximum absolute atomic E-state index is 11.0. The number of aliphatic carboxylic acids is 1. The van der Waals surface area contributed by atoms with Crippen molar-refractivity contribution in [1.82, 2.24) is 9.36 Å². The van der Waals surface area contributed by atoms with E-state index >= 15 is 0 Å². The number of rotatable bonds is 8. The van der Waals surface area contributed by atoms with Gasteiger partial charge in [0.05, 0.1) is 6.42 Å². The van der Waals surface area contributed by atoms with Crippen molar-refractivity contribution >= 4 is 22.6 Å². The molecule has 3 aromatic rings. The van der Waals surface area contributed by atoms with Crippen LogP contribution in [0.5, 0.6) is 0 Å². The van der Waals surface area contributed by atoms with Crippen LogP contribution in [0.3, 0.4) is 0 Å². The SMILES string of the molecule is O=C(O)CCN(Cc1ccccc1)c1nc(Cc2ccccc2)ns1. The third kappa shape index (κ3) is 5.12. The highest BCUT2D eigenvalue weighted by atomic mass is 32.1. The first kappa shape index (κ1) is 17.1. The van der Waals surface area contributed by atoms with Gasteiger partial charge in [-0.3, -0.25) is 4.79 Å². The van der Waals surface area contributed by atoms with E-state index in [1.54, 1.807) is 0 Å². The van der Waals surface area contributed by atoms with Crippen LogP contribution < -0.4 is 4.90 Å². The number of carboxylic acid groups (broad SMARTS) is 1. The van der Waals surface area contributed by atoms with E-state index < -0.39 is 5.97 Å². The van der Waals surface area contributed by atoms with Crippen LogP contribution in [0.15, 0.2) is 60.7 Å². The zero-order chi connectivity index (χ0) is 17.5. The zero-order valence-electron chi connectivity index (χ0n) is 13.7. The fourth-order valence-electron chi connectivity index (χ4n) is 2.50. The first-order valence-electron chi connectivity index (χ1n) is 8.08. The Labute approximate surface area is 150 Å². The first-order valence-corrected chi connectivity index (χ1v) is 8.85. The van der Waals surface area contributed by atoms with Gasteiger partial charge in [-0.15, -0.1) is 0 Å². The Kier molecular flexibility index (Phi) is 5.74. The van der Waals surface area contributed by atoms with E-state index in [0.29, 0.717) is 19.5 Å². The van der Waals surface area contributed by atoms with Crippen molar-refractivity contribution in [3.63, 3.8) is 0 Å². The number of nitrogens with zero attached hydrogens (tertiary/aromatic N) is 3. The Balaban J connectivity index is 1.74. The highest BCUT2D eigenvalue weighted by molar-refractivity contribution is 7.09. The minimum atomic E-state index is -0.813. The molecule has 1 N–H and O–H groups in total. The van der Waals surface area contributed by atoms with Crippen molar-refractivity contribution in [2.75, 3.05) is 11.4 Å². The predicted molar refractivity (Wildman–Crippen MR) is 98.9 cm³/mol. The fourth-order valence-corrected chi connectivity index (χ4v) is 3.21. The Morgan fingerprint density at radius 1 is 1.00 bits per heavy atom. The van der Waals surface area contributed by atoms with E-state index in [4.69, 9.17) is 5.11 Å². The number of hydrogen-bond donors (Lipinski definition) is 1. The van der Waals surface area contributed by atoms with Crippen molar-refractivity contribution in [3.8, 4) is 0 Å². The van der Waals surface area contributed by atoms with Gasteiger partial charge >= 0.3 is 5.97 Å². The smallest absolute Gasteiger partial charge is 0.305 e. The third-order valence-electron chi connectivity index (χ3n) is 3.74. The number of carboxylic acids is 1. The largest absolute Gasteiger partial charge is 0.481 e. The number of benzene rings is 2. The molecule has 1 aromatic heterocycles. The monoisotopic (exact) mass is 353 g/mol. The predicted octanol–water partition coefficient (Wildman–Crippen LogP) is 3.61. The molecule has 0 saturated carbocycles. The summed E-state index contributed by atoms with van der Waals surface area (Å²) in [6.07, 6.45) is 0.746. The van der Waals surface area contributed by atoms with Crippen LogP contribution in [0.2, 0.25) is 0 Å². The average molecular weight is 353 g/mol. The Hall–Kier alpha value is -2.73. The summed E-state index contributed by atoms with van der Waals surface area (Å²) in [5.74, 6) is -0.0494.